The third kappa shape index (κ3) is 2.69. The first kappa shape index (κ1) is 12.4. The molecular formula is C16H13NO3. The number of pyridine rings is 1. The van der Waals surface area contributed by atoms with Crippen LogP contribution in [0.4, 0.5) is 0 Å². The van der Waals surface area contributed by atoms with E-state index in [1.165, 1.54) is 0 Å². The zero-order chi connectivity index (χ0) is 13.8. The summed E-state index contributed by atoms with van der Waals surface area (Å²) in [5.41, 5.74) is 2.28. The molecule has 1 aromatic heterocycles. The van der Waals surface area contributed by atoms with Crippen LogP contribution in [0.15, 0.2) is 54.4 Å². The Morgan fingerprint density at radius 2 is 2.15 bits per heavy atom. The summed E-state index contributed by atoms with van der Waals surface area (Å²) in [6.07, 6.45) is 5.17. The predicted molar refractivity (Wildman–Crippen MR) is 73.9 cm³/mol. The Morgan fingerprint density at radius 1 is 1.25 bits per heavy atom. The van der Waals surface area contributed by atoms with E-state index >= 15 is 0 Å². The molecule has 1 aromatic carbocycles. The van der Waals surface area contributed by atoms with Gasteiger partial charge in [-0.1, -0.05) is 24.3 Å². The van der Waals surface area contributed by atoms with E-state index in [-0.39, 0.29) is 19.2 Å². The number of esters is 1. The highest BCUT2D eigenvalue weighted by Gasteiger charge is 2.18. The molecule has 0 spiro atoms. The number of benzene rings is 1. The van der Waals surface area contributed by atoms with Crippen LogP contribution in [0.25, 0.3) is 6.08 Å². The first-order chi connectivity index (χ1) is 9.83. The lowest BCUT2D eigenvalue weighted by Crippen LogP contribution is -2.17. The molecule has 3 rings (SSSR count). The van der Waals surface area contributed by atoms with Gasteiger partial charge in [-0.3, -0.25) is 4.98 Å². The van der Waals surface area contributed by atoms with Gasteiger partial charge < -0.3 is 9.47 Å². The van der Waals surface area contributed by atoms with Crippen LogP contribution >= 0.6 is 0 Å². The quantitative estimate of drug-likeness (QED) is 0.802. The molecule has 4 heteroatoms. The average molecular weight is 267 g/mol. The van der Waals surface area contributed by atoms with Gasteiger partial charge >= 0.3 is 5.97 Å². The second kappa shape index (κ2) is 5.57. The van der Waals surface area contributed by atoms with Crippen molar-refractivity contribution in [2.75, 3.05) is 6.61 Å². The Kier molecular flexibility index (Phi) is 3.46. The molecule has 2 aromatic rings. The number of hydrogen-bond acceptors (Lipinski definition) is 4. The van der Waals surface area contributed by atoms with Crippen LogP contribution in [0.2, 0.25) is 0 Å². The summed E-state index contributed by atoms with van der Waals surface area (Å²) in [5, 5.41) is 0. The minimum absolute atomic E-state index is 0.214. The van der Waals surface area contributed by atoms with Crippen molar-refractivity contribution in [3.63, 3.8) is 0 Å². The van der Waals surface area contributed by atoms with E-state index in [0.29, 0.717) is 5.57 Å². The lowest BCUT2D eigenvalue weighted by Gasteiger charge is -2.16. The summed E-state index contributed by atoms with van der Waals surface area (Å²) in [7, 11) is 0. The molecule has 0 fully saturated rings. The molecule has 4 nitrogen and oxygen atoms in total. The predicted octanol–water partition coefficient (Wildman–Crippen LogP) is 2.60. The van der Waals surface area contributed by atoms with Crippen LogP contribution in [0.5, 0.6) is 5.75 Å². The van der Waals surface area contributed by atoms with E-state index in [0.717, 1.165) is 16.9 Å². The number of hydrogen-bond donors (Lipinski definition) is 0. The zero-order valence-corrected chi connectivity index (χ0v) is 10.8. The van der Waals surface area contributed by atoms with Gasteiger partial charge in [0.2, 0.25) is 0 Å². The number of para-hydroxylation sites is 1. The number of rotatable bonds is 3. The van der Waals surface area contributed by atoms with E-state index in [4.69, 9.17) is 9.47 Å². The molecule has 1 aliphatic rings. The standard InChI is InChI=1S/C16H13NO3/c18-16(20-10-12-4-3-7-17-9-12)14-8-13-5-1-2-6-15(13)19-11-14/h1-9H,10-11H2. The third-order valence-electron chi connectivity index (χ3n) is 2.99. The fraction of sp³-hybridized carbons (Fsp3) is 0.125. The largest absolute Gasteiger partial charge is 0.488 e. The molecule has 0 saturated heterocycles. The zero-order valence-electron chi connectivity index (χ0n) is 10.8. The summed E-state index contributed by atoms with van der Waals surface area (Å²) < 4.78 is 10.8. The summed E-state index contributed by atoms with van der Waals surface area (Å²) in [4.78, 5) is 16.0. The smallest absolute Gasteiger partial charge is 0.337 e. The summed E-state index contributed by atoms with van der Waals surface area (Å²) in [6, 6.07) is 11.3. The van der Waals surface area contributed by atoms with E-state index < -0.39 is 0 Å². The van der Waals surface area contributed by atoms with Gasteiger partial charge in [0.1, 0.15) is 19.0 Å². The lowest BCUT2D eigenvalue weighted by atomic mass is 10.1. The minimum Gasteiger partial charge on any atom is -0.488 e. The molecule has 100 valence electrons. The Hall–Kier alpha value is -2.62. The van der Waals surface area contributed by atoms with Crippen molar-refractivity contribution in [3.05, 3.63) is 65.5 Å². The van der Waals surface area contributed by atoms with Gasteiger partial charge in [0.15, 0.2) is 0 Å². The maximum Gasteiger partial charge on any atom is 0.337 e. The normalized spacial score (nSPS) is 12.9. The topological polar surface area (TPSA) is 48.4 Å². The van der Waals surface area contributed by atoms with Gasteiger partial charge in [0.05, 0.1) is 5.57 Å². The fourth-order valence-corrected chi connectivity index (χ4v) is 1.96. The van der Waals surface area contributed by atoms with E-state index in [1.807, 2.05) is 42.5 Å². The number of carbonyl (C=O) groups excluding carboxylic acids is 1. The molecule has 0 saturated carbocycles. The van der Waals surface area contributed by atoms with E-state index in [9.17, 15) is 4.79 Å². The van der Waals surface area contributed by atoms with Gasteiger partial charge in [0, 0.05) is 23.5 Å². The van der Waals surface area contributed by atoms with Crippen LogP contribution in [0.3, 0.4) is 0 Å². The SMILES string of the molecule is O=C(OCc1cccnc1)C1=Cc2ccccc2OC1. The van der Waals surface area contributed by atoms with Gasteiger partial charge in [0.25, 0.3) is 0 Å². The Bertz CT molecular complexity index is 650. The van der Waals surface area contributed by atoms with Crippen molar-refractivity contribution >= 4 is 12.0 Å². The molecular weight excluding hydrogens is 254 g/mol. The van der Waals surface area contributed by atoms with Crippen molar-refractivity contribution in [2.45, 2.75) is 6.61 Å². The first-order valence-corrected chi connectivity index (χ1v) is 6.31. The van der Waals surface area contributed by atoms with Crippen molar-refractivity contribution in [1.82, 2.24) is 4.98 Å². The molecule has 0 bridgehead atoms. The van der Waals surface area contributed by atoms with Crippen LogP contribution < -0.4 is 4.74 Å². The number of fused-ring (bicyclic) bond motifs is 1. The monoisotopic (exact) mass is 267 g/mol. The average Bonchev–Trinajstić information content (AvgIpc) is 2.53. The van der Waals surface area contributed by atoms with Gasteiger partial charge in [-0.15, -0.1) is 0 Å². The van der Waals surface area contributed by atoms with Gasteiger partial charge in [-0.2, -0.15) is 0 Å². The Morgan fingerprint density at radius 3 is 3.00 bits per heavy atom. The lowest BCUT2D eigenvalue weighted by molar-refractivity contribution is -0.140. The highest BCUT2D eigenvalue weighted by Crippen LogP contribution is 2.26. The van der Waals surface area contributed by atoms with Crippen molar-refractivity contribution in [1.29, 1.82) is 0 Å². The number of nitrogens with zero attached hydrogens (tertiary/aromatic N) is 1. The Balaban J connectivity index is 1.68. The third-order valence-corrected chi connectivity index (χ3v) is 2.99. The van der Waals surface area contributed by atoms with Gasteiger partial charge in [-0.05, 0) is 18.2 Å². The number of aromatic nitrogens is 1. The molecule has 0 radical (unpaired) electrons. The summed E-state index contributed by atoms with van der Waals surface area (Å²) >= 11 is 0. The van der Waals surface area contributed by atoms with E-state index in [1.54, 1.807) is 12.4 Å². The van der Waals surface area contributed by atoms with Crippen LogP contribution in [-0.4, -0.2) is 17.6 Å². The van der Waals surface area contributed by atoms with Crippen LogP contribution in [-0.2, 0) is 16.1 Å². The van der Waals surface area contributed by atoms with Gasteiger partial charge in [-0.25, -0.2) is 4.79 Å². The highest BCUT2D eigenvalue weighted by atomic mass is 16.5. The molecule has 0 N–H and O–H groups in total. The highest BCUT2D eigenvalue weighted by molar-refractivity contribution is 5.95. The Labute approximate surface area is 116 Å². The maximum absolute atomic E-state index is 12.0. The first-order valence-electron chi connectivity index (χ1n) is 6.31. The van der Waals surface area contributed by atoms with Crippen LogP contribution in [0.1, 0.15) is 11.1 Å². The second-order valence-corrected chi connectivity index (χ2v) is 4.43. The molecule has 1 aliphatic heterocycles. The minimum atomic E-state index is -0.358. The summed E-state index contributed by atoms with van der Waals surface area (Å²) in [6.45, 7) is 0.453. The second-order valence-electron chi connectivity index (χ2n) is 4.43. The molecule has 0 amide bonds. The molecule has 0 aliphatic carbocycles. The van der Waals surface area contributed by atoms with Crippen molar-refractivity contribution < 1.29 is 14.3 Å². The summed E-state index contributed by atoms with van der Waals surface area (Å²) in [5.74, 6) is 0.430. The number of carbonyl (C=O) groups is 1. The molecule has 0 atom stereocenters. The maximum atomic E-state index is 12.0. The van der Waals surface area contributed by atoms with Crippen molar-refractivity contribution in [2.24, 2.45) is 0 Å². The molecule has 0 unspecified atom stereocenters. The molecule has 20 heavy (non-hydrogen) atoms. The van der Waals surface area contributed by atoms with E-state index in [2.05, 4.69) is 4.98 Å². The number of ether oxygens (including phenoxy) is 2. The van der Waals surface area contributed by atoms with Crippen molar-refractivity contribution in [3.8, 4) is 5.75 Å². The fourth-order valence-electron chi connectivity index (χ4n) is 1.96. The van der Waals surface area contributed by atoms with Crippen LogP contribution in [0, 0.1) is 0 Å². The molecule has 2 heterocycles.